The zero-order chi connectivity index (χ0) is 20.5. The van der Waals surface area contributed by atoms with Gasteiger partial charge in [0.15, 0.2) is 15.7 Å². The Bertz CT molecular complexity index is 983. The van der Waals surface area contributed by atoms with Crippen LogP contribution in [0.4, 0.5) is 16.3 Å². The van der Waals surface area contributed by atoms with Gasteiger partial charge in [0, 0.05) is 30.1 Å². The lowest BCUT2D eigenvalue weighted by molar-refractivity contribution is 0.251. The molecule has 3 rings (SSSR count). The first kappa shape index (κ1) is 20.1. The van der Waals surface area contributed by atoms with Crippen molar-refractivity contribution in [2.24, 2.45) is 5.92 Å². The van der Waals surface area contributed by atoms with E-state index in [0.717, 1.165) is 0 Å². The third-order valence-corrected chi connectivity index (χ3v) is 6.74. The minimum atomic E-state index is -3.29. The zero-order valence-electron chi connectivity index (χ0n) is 16.2. The summed E-state index contributed by atoms with van der Waals surface area (Å²) in [7, 11) is -3.29. The van der Waals surface area contributed by atoms with Gasteiger partial charge in [0.25, 0.3) is 0 Å². The number of benzene rings is 1. The lowest BCUT2D eigenvalue weighted by Crippen LogP contribution is -2.31. The number of hydrogen-bond donors (Lipinski definition) is 3. The molecule has 0 spiro atoms. The molecule has 0 aliphatic heterocycles. The average Bonchev–Trinajstić information content (AvgIpc) is 3.42. The number of sulfone groups is 1. The molecular formula is C19H25N5O3S. The van der Waals surface area contributed by atoms with E-state index in [1.807, 2.05) is 13.8 Å². The number of urea groups is 1. The summed E-state index contributed by atoms with van der Waals surface area (Å²) in [5.74, 6) is 0.954. The normalized spacial score (nSPS) is 15.3. The summed E-state index contributed by atoms with van der Waals surface area (Å²) >= 11 is 0. The molecular weight excluding hydrogens is 378 g/mol. The number of rotatable bonds is 6. The number of nitrogens with one attached hydrogen (secondary N) is 2. The minimum absolute atomic E-state index is 0.227. The number of nitrogens with zero attached hydrogens (tertiary/aromatic N) is 2. The fourth-order valence-corrected chi connectivity index (χ4v) is 4.26. The summed E-state index contributed by atoms with van der Waals surface area (Å²) in [4.78, 5) is 20.6. The Morgan fingerprint density at radius 2 is 1.86 bits per heavy atom. The number of amides is 2. The molecule has 28 heavy (non-hydrogen) atoms. The summed E-state index contributed by atoms with van der Waals surface area (Å²) < 4.78 is 23.4. The monoisotopic (exact) mass is 403 g/mol. The number of carbonyl (C=O) groups excluding carboxylic acids is 1. The highest BCUT2D eigenvalue weighted by atomic mass is 32.2. The van der Waals surface area contributed by atoms with Crippen LogP contribution in [-0.4, -0.2) is 37.2 Å². The smallest absolute Gasteiger partial charge is 0.319 e. The van der Waals surface area contributed by atoms with E-state index in [9.17, 15) is 13.2 Å². The Balaban J connectivity index is 1.80. The SMILES string of the molecule is CC(C)CNC(=O)Nc1ccc(-c2nc(N)cc(C3(S(C)(=O)=O)CC3)n2)cc1. The number of hydrogen-bond acceptors (Lipinski definition) is 6. The summed E-state index contributed by atoms with van der Waals surface area (Å²) in [6.07, 6.45) is 2.30. The average molecular weight is 404 g/mol. The third kappa shape index (κ3) is 4.24. The van der Waals surface area contributed by atoms with Crippen LogP contribution in [0.5, 0.6) is 0 Å². The molecule has 0 radical (unpaired) electrons. The van der Waals surface area contributed by atoms with Crippen LogP contribution in [0.3, 0.4) is 0 Å². The first-order valence-corrected chi connectivity index (χ1v) is 11.0. The quantitative estimate of drug-likeness (QED) is 0.680. The van der Waals surface area contributed by atoms with Gasteiger partial charge >= 0.3 is 6.03 Å². The van der Waals surface area contributed by atoms with Crippen LogP contribution < -0.4 is 16.4 Å². The van der Waals surface area contributed by atoms with E-state index in [4.69, 9.17) is 5.73 Å². The Morgan fingerprint density at radius 3 is 2.39 bits per heavy atom. The molecule has 8 nitrogen and oxygen atoms in total. The molecule has 0 atom stereocenters. The molecule has 1 saturated carbocycles. The van der Waals surface area contributed by atoms with Crippen molar-refractivity contribution in [3.63, 3.8) is 0 Å². The molecule has 9 heteroatoms. The van der Waals surface area contributed by atoms with Crippen molar-refractivity contribution >= 4 is 27.4 Å². The zero-order valence-corrected chi connectivity index (χ0v) is 17.0. The molecule has 2 amide bonds. The highest BCUT2D eigenvalue weighted by molar-refractivity contribution is 7.91. The summed E-state index contributed by atoms with van der Waals surface area (Å²) in [6, 6.07) is 8.26. The highest BCUT2D eigenvalue weighted by Crippen LogP contribution is 2.52. The lowest BCUT2D eigenvalue weighted by atomic mass is 10.1. The van der Waals surface area contributed by atoms with Crippen LogP contribution in [0.1, 0.15) is 32.4 Å². The lowest BCUT2D eigenvalue weighted by Gasteiger charge is -2.14. The van der Waals surface area contributed by atoms with Crippen LogP contribution >= 0.6 is 0 Å². The van der Waals surface area contributed by atoms with E-state index in [1.54, 1.807) is 24.3 Å². The molecule has 1 aliphatic carbocycles. The van der Waals surface area contributed by atoms with Crippen molar-refractivity contribution in [1.29, 1.82) is 0 Å². The predicted molar refractivity (Wildman–Crippen MR) is 109 cm³/mol. The van der Waals surface area contributed by atoms with Gasteiger partial charge in [-0.1, -0.05) is 13.8 Å². The van der Waals surface area contributed by atoms with E-state index in [0.29, 0.717) is 48.1 Å². The van der Waals surface area contributed by atoms with E-state index in [-0.39, 0.29) is 11.8 Å². The molecule has 1 heterocycles. The Labute approximate surface area is 164 Å². The first-order chi connectivity index (χ1) is 13.1. The summed E-state index contributed by atoms with van der Waals surface area (Å²) in [6.45, 7) is 4.63. The van der Waals surface area contributed by atoms with E-state index in [2.05, 4.69) is 20.6 Å². The van der Waals surface area contributed by atoms with Gasteiger partial charge in [-0.2, -0.15) is 0 Å². The van der Waals surface area contributed by atoms with Crippen LogP contribution in [0.2, 0.25) is 0 Å². The Kier molecular flexibility index (Phi) is 5.29. The maximum absolute atomic E-state index is 12.2. The largest absolute Gasteiger partial charge is 0.384 e. The molecule has 1 aliphatic rings. The molecule has 1 aromatic heterocycles. The highest BCUT2D eigenvalue weighted by Gasteiger charge is 2.55. The van der Waals surface area contributed by atoms with Gasteiger partial charge in [0.2, 0.25) is 0 Å². The molecule has 4 N–H and O–H groups in total. The van der Waals surface area contributed by atoms with Crippen molar-refractivity contribution < 1.29 is 13.2 Å². The molecule has 0 bridgehead atoms. The predicted octanol–water partition coefficient (Wildman–Crippen LogP) is 2.54. The fraction of sp³-hybridized carbons (Fsp3) is 0.421. The van der Waals surface area contributed by atoms with Crippen molar-refractivity contribution in [1.82, 2.24) is 15.3 Å². The van der Waals surface area contributed by atoms with Crippen LogP contribution in [0.15, 0.2) is 30.3 Å². The molecule has 0 unspecified atom stereocenters. The van der Waals surface area contributed by atoms with Gasteiger partial charge in [0.05, 0.1) is 5.69 Å². The van der Waals surface area contributed by atoms with Crippen molar-refractivity contribution in [2.75, 3.05) is 23.9 Å². The Hall–Kier alpha value is -2.68. The molecule has 1 aromatic carbocycles. The fourth-order valence-electron chi connectivity index (χ4n) is 2.93. The van der Waals surface area contributed by atoms with Crippen LogP contribution in [-0.2, 0) is 14.6 Å². The number of carbonyl (C=O) groups is 1. The van der Waals surface area contributed by atoms with Crippen molar-refractivity contribution in [3.8, 4) is 11.4 Å². The van der Waals surface area contributed by atoms with Crippen molar-refractivity contribution in [2.45, 2.75) is 31.4 Å². The molecule has 0 saturated heterocycles. The van der Waals surface area contributed by atoms with E-state index >= 15 is 0 Å². The molecule has 2 aromatic rings. The van der Waals surface area contributed by atoms with E-state index in [1.165, 1.54) is 12.3 Å². The maximum Gasteiger partial charge on any atom is 0.319 e. The van der Waals surface area contributed by atoms with Gasteiger partial charge in [0.1, 0.15) is 10.6 Å². The van der Waals surface area contributed by atoms with Gasteiger partial charge in [-0.25, -0.2) is 23.2 Å². The molecule has 1 fully saturated rings. The number of aromatic nitrogens is 2. The van der Waals surface area contributed by atoms with Gasteiger partial charge in [-0.15, -0.1) is 0 Å². The topological polar surface area (TPSA) is 127 Å². The minimum Gasteiger partial charge on any atom is -0.384 e. The van der Waals surface area contributed by atoms with Crippen LogP contribution in [0, 0.1) is 5.92 Å². The van der Waals surface area contributed by atoms with Gasteiger partial charge in [-0.3, -0.25) is 0 Å². The van der Waals surface area contributed by atoms with Gasteiger partial charge in [-0.05, 0) is 43.0 Å². The number of anilines is 2. The van der Waals surface area contributed by atoms with Gasteiger partial charge < -0.3 is 16.4 Å². The van der Waals surface area contributed by atoms with Crippen LogP contribution in [0.25, 0.3) is 11.4 Å². The third-order valence-electron chi connectivity index (χ3n) is 4.70. The Morgan fingerprint density at radius 1 is 1.21 bits per heavy atom. The summed E-state index contributed by atoms with van der Waals surface area (Å²) in [5, 5.41) is 5.54. The second-order valence-electron chi connectivity index (χ2n) is 7.57. The maximum atomic E-state index is 12.2. The standard InChI is InChI=1S/C19H25N5O3S/c1-12(2)11-21-18(25)22-14-6-4-13(5-7-14)17-23-15(10-16(20)24-17)19(8-9-19)28(3,26)27/h4-7,10,12H,8-9,11H2,1-3H3,(H2,20,23,24)(H2,21,22,25). The molecule has 150 valence electrons. The summed E-state index contributed by atoms with van der Waals surface area (Å²) in [5.41, 5.74) is 7.66. The number of nitrogen functional groups attached to an aromatic ring is 1. The van der Waals surface area contributed by atoms with E-state index < -0.39 is 14.6 Å². The number of nitrogens with two attached hydrogens (primary N) is 1. The second-order valence-corrected chi connectivity index (χ2v) is 9.90. The van der Waals surface area contributed by atoms with Crippen molar-refractivity contribution in [3.05, 3.63) is 36.0 Å². The first-order valence-electron chi connectivity index (χ1n) is 9.11. The second kappa shape index (κ2) is 7.38.